The molecule has 0 bridgehead atoms. The Morgan fingerprint density at radius 3 is 3.12 bits per heavy atom. The van der Waals surface area contributed by atoms with Crippen molar-refractivity contribution in [1.82, 2.24) is 15.0 Å². The maximum Gasteiger partial charge on any atom is 0.133 e. The van der Waals surface area contributed by atoms with Crippen LogP contribution in [0.1, 0.15) is 28.4 Å². The molecule has 88 valence electrons. The van der Waals surface area contributed by atoms with Crippen LogP contribution in [-0.4, -0.2) is 15.0 Å². The highest BCUT2D eigenvalue weighted by Crippen LogP contribution is 2.25. The van der Waals surface area contributed by atoms with Crippen molar-refractivity contribution in [2.75, 3.05) is 5.32 Å². The molecule has 0 aromatic carbocycles. The third kappa shape index (κ3) is 2.15. The number of thiazole rings is 1. The molecule has 0 fully saturated rings. The Morgan fingerprint density at radius 2 is 2.29 bits per heavy atom. The number of rotatable bonds is 3. The Balaban J connectivity index is 1.75. The normalized spacial score (nSPS) is 13.7. The van der Waals surface area contributed by atoms with Gasteiger partial charge in [0.25, 0.3) is 0 Å². The summed E-state index contributed by atoms with van der Waals surface area (Å²) in [5, 5.41) is 6.55. The van der Waals surface area contributed by atoms with Crippen LogP contribution in [0.15, 0.2) is 11.7 Å². The molecule has 0 spiro atoms. The number of nitrogens with one attached hydrogen (secondary N) is 1. The summed E-state index contributed by atoms with van der Waals surface area (Å²) in [6.45, 7) is 2.77. The van der Waals surface area contributed by atoms with Gasteiger partial charge in [0, 0.05) is 22.3 Å². The summed E-state index contributed by atoms with van der Waals surface area (Å²) in [5.74, 6) is 0.986. The topological polar surface area (TPSA) is 50.7 Å². The predicted molar refractivity (Wildman–Crippen MR) is 68.2 cm³/mol. The number of aryl methyl sites for hydroxylation is 2. The highest BCUT2D eigenvalue weighted by atomic mass is 32.1. The average molecular weight is 246 g/mol. The zero-order valence-electron chi connectivity index (χ0n) is 9.73. The second-order valence-electron chi connectivity index (χ2n) is 4.24. The molecule has 0 radical (unpaired) electrons. The number of hydrogen-bond acceptors (Lipinski definition) is 5. The number of nitrogens with zero attached hydrogens (tertiary/aromatic N) is 3. The molecule has 1 aliphatic carbocycles. The van der Waals surface area contributed by atoms with Gasteiger partial charge in [-0.2, -0.15) is 0 Å². The third-order valence-electron chi connectivity index (χ3n) is 2.95. The van der Waals surface area contributed by atoms with Crippen LogP contribution in [0.2, 0.25) is 0 Å². The van der Waals surface area contributed by atoms with Crippen LogP contribution in [0.25, 0.3) is 0 Å². The Hall–Kier alpha value is -1.49. The Bertz CT molecular complexity index is 535. The molecule has 0 aliphatic heterocycles. The maximum atomic E-state index is 4.43. The van der Waals surface area contributed by atoms with E-state index < -0.39 is 0 Å². The molecule has 1 N–H and O–H groups in total. The van der Waals surface area contributed by atoms with Gasteiger partial charge < -0.3 is 5.32 Å². The number of hydrogen-bond donors (Lipinski definition) is 1. The lowest BCUT2D eigenvalue weighted by Gasteiger charge is -2.07. The van der Waals surface area contributed by atoms with Crippen molar-refractivity contribution in [1.29, 1.82) is 0 Å². The molecule has 1 aliphatic rings. The van der Waals surface area contributed by atoms with E-state index in [0.29, 0.717) is 0 Å². The fraction of sp³-hybridized carbons (Fsp3) is 0.417. The Labute approximate surface area is 104 Å². The van der Waals surface area contributed by atoms with Crippen LogP contribution in [0.5, 0.6) is 0 Å². The van der Waals surface area contributed by atoms with Crippen LogP contribution < -0.4 is 5.32 Å². The monoisotopic (exact) mass is 246 g/mol. The summed E-state index contributed by atoms with van der Waals surface area (Å²) >= 11 is 1.69. The van der Waals surface area contributed by atoms with E-state index in [1.165, 1.54) is 17.7 Å². The van der Waals surface area contributed by atoms with Crippen LogP contribution in [-0.2, 0) is 19.4 Å². The molecule has 5 heteroatoms. The van der Waals surface area contributed by atoms with Crippen molar-refractivity contribution in [3.8, 4) is 0 Å². The van der Waals surface area contributed by atoms with Gasteiger partial charge in [-0.25, -0.2) is 15.0 Å². The minimum absolute atomic E-state index is 0.752. The number of fused-ring (bicyclic) bond motifs is 1. The Kier molecular flexibility index (Phi) is 2.76. The predicted octanol–water partition coefficient (Wildman–Crippen LogP) is 2.34. The third-order valence-corrected chi connectivity index (χ3v) is 3.92. The largest absolute Gasteiger partial charge is 0.363 e. The second-order valence-corrected chi connectivity index (χ2v) is 5.18. The Morgan fingerprint density at radius 1 is 1.35 bits per heavy atom. The van der Waals surface area contributed by atoms with Gasteiger partial charge in [-0.1, -0.05) is 0 Å². The van der Waals surface area contributed by atoms with E-state index >= 15 is 0 Å². The van der Waals surface area contributed by atoms with Crippen LogP contribution in [0.3, 0.4) is 0 Å². The van der Waals surface area contributed by atoms with E-state index in [2.05, 4.69) is 25.6 Å². The lowest BCUT2D eigenvalue weighted by Crippen LogP contribution is -2.05. The molecule has 0 saturated carbocycles. The second kappa shape index (κ2) is 4.41. The van der Waals surface area contributed by atoms with Gasteiger partial charge in [0.1, 0.15) is 17.2 Å². The first kappa shape index (κ1) is 10.7. The lowest BCUT2D eigenvalue weighted by atomic mass is 10.2. The van der Waals surface area contributed by atoms with Crippen molar-refractivity contribution in [3.05, 3.63) is 33.7 Å². The number of anilines is 1. The summed E-state index contributed by atoms with van der Waals surface area (Å²) in [4.78, 5) is 13.1. The van der Waals surface area contributed by atoms with Crippen molar-refractivity contribution >= 4 is 17.2 Å². The van der Waals surface area contributed by atoms with Gasteiger partial charge in [-0.15, -0.1) is 11.3 Å². The molecule has 17 heavy (non-hydrogen) atoms. The van der Waals surface area contributed by atoms with E-state index in [1.807, 2.05) is 6.92 Å². The van der Waals surface area contributed by atoms with E-state index in [0.717, 1.165) is 35.9 Å². The van der Waals surface area contributed by atoms with Crippen molar-refractivity contribution in [3.63, 3.8) is 0 Å². The first-order valence-corrected chi connectivity index (χ1v) is 6.68. The van der Waals surface area contributed by atoms with Crippen LogP contribution >= 0.6 is 11.3 Å². The van der Waals surface area contributed by atoms with E-state index in [9.17, 15) is 0 Å². The lowest BCUT2D eigenvalue weighted by molar-refractivity contribution is 0.899. The molecule has 2 aromatic heterocycles. The summed E-state index contributed by atoms with van der Waals surface area (Å²) in [6.07, 6.45) is 5.02. The zero-order chi connectivity index (χ0) is 11.7. The van der Waals surface area contributed by atoms with Gasteiger partial charge in [0.15, 0.2) is 0 Å². The van der Waals surface area contributed by atoms with Crippen molar-refractivity contribution in [2.45, 2.75) is 32.7 Å². The molecule has 4 nitrogen and oxygen atoms in total. The first-order valence-electron chi connectivity index (χ1n) is 5.80. The molecule has 0 saturated heterocycles. The van der Waals surface area contributed by atoms with Gasteiger partial charge in [0.2, 0.25) is 0 Å². The first-order chi connectivity index (χ1) is 8.33. The van der Waals surface area contributed by atoms with Gasteiger partial charge in [-0.05, 0) is 26.2 Å². The quantitative estimate of drug-likeness (QED) is 0.903. The fourth-order valence-electron chi connectivity index (χ4n) is 2.16. The maximum absolute atomic E-state index is 4.43. The highest BCUT2D eigenvalue weighted by molar-refractivity contribution is 7.09. The minimum atomic E-state index is 0.752. The summed E-state index contributed by atoms with van der Waals surface area (Å²) in [6, 6.07) is 0. The molecular formula is C12H14N4S. The van der Waals surface area contributed by atoms with Crippen molar-refractivity contribution in [2.24, 2.45) is 0 Å². The van der Waals surface area contributed by atoms with Gasteiger partial charge >= 0.3 is 0 Å². The number of aromatic nitrogens is 3. The van der Waals surface area contributed by atoms with Gasteiger partial charge in [-0.3, -0.25) is 0 Å². The molecule has 0 unspecified atom stereocenters. The molecule has 2 aromatic rings. The van der Waals surface area contributed by atoms with E-state index in [-0.39, 0.29) is 0 Å². The smallest absolute Gasteiger partial charge is 0.133 e. The van der Waals surface area contributed by atoms with Gasteiger partial charge in [0.05, 0.1) is 6.54 Å². The average Bonchev–Trinajstić information content (AvgIpc) is 2.94. The summed E-state index contributed by atoms with van der Waals surface area (Å²) in [5.41, 5.74) is 3.58. The molecule has 2 heterocycles. The van der Waals surface area contributed by atoms with E-state index in [4.69, 9.17) is 0 Å². The zero-order valence-corrected chi connectivity index (χ0v) is 10.5. The molecular weight excluding hydrogens is 232 g/mol. The summed E-state index contributed by atoms with van der Waals surface area (Å²) < 4.78 is 0. The molecule has 3 rings (SSSR count). The molecule has 0 atom stereocenters. The van der Waals surface area contributed by atoms with Crippen LogP contribution in [0.4, 0.5) is 5.82 Å². The van der Waals surface area contributed by atoms with Crippen LogP contribution in [0, 0.1) is 6.92 Å². The minimum Gasteiger partial charge on any atom is -0.363 e. The summed E-state index contributed by atoms with van der Waals surface area (Å²) in [7, 11) is 0. The molecule has 0 amide bonds. The SMILES string of the molecule is Cc1csc(CNc2ncnc3c2CCC3)n1. The van der Waals surface area contributed by atoms with E-state index in [1.54, 1.807) is 17.7 Å². The van der Waals surface area contributed by atoms with Crippen molar-refractivity contribution < 1.29 is 0 Å². The highest BCUT2D eigenvalue weighted by Gasteiger charge is 2.16. The standard InChI is InChI=1S/C12H14N4S/c1-8-6-17-11(16-8)5-13-12-9-3-2-4-10(9)14-7-15-12/h6-7H,2-5H2,1H3,(H,13,14,15). The fourth-order valence-corrected chi connectivity index (χ4v) is 2.87.